The summed E-state index contributed by atoms with van der Waals surface area (Å²) in [6, 6.07) is 9.25. The van der Waals surface area contributed by atoms with Crippen molar-refractivity contribution in [2.75, 3.05) is 6.61 Å². The Morgan fingerprint density at radius 3 is 2.15 bits per heavy atom. The highest BCUT2D eigenvalue weighted by Gasteiger charge is 2.37. The Balaban J connectivity index is 2.46. The number of aliphatic hydroxyl groups excluding tert-OH is 2. The first kappa shape index (κ1) is 17.4. The highest BCUT2D eigenvalue weighted by atomic mass is 28.4. The average molecular weight is 296 g/mol. The largest absolute Gasteiger partial charge is 0.417 e. The molecule has 0 fully saturated rings. The number of benzene rings is 1. The fraction of sp³-hybridized carbons (Fsp3) is 0.625. The lowest BCUT2D eigenvalue weighted by Crippen LogP contribution is -2.41. The van der Waals surface area contributed by atoms with Gasteiger partial charge < -0.3 is 14.6 Å². The second-order valence-corrected chi connectivity index (χ2v) is 11.6. The normalized spacial score (nSPS) is 15.9. The minimum atomic E-state index is -1.78. The summed E-state index contributed by atoms with van der Waals surface area (Å²) in [7, 11) is -1.78. The van der Waals surface area contributed by atoms with Crippen LogP contribution in [0.4, 0.5) is 0 Å². The lowest BCUT2D eigenvalue weighted by molar-refractivity contribution is 0.00518. The van der Waals surface area contributed by atoms with E-state index in [9.17, 15) is 10.2 Å². The fourth-order valence-electron chi connectivity index (χ4n) is 1.68. The molecule has 0 saturated heterocycles. The second kappa shape index (κ2) is 6.85. The number of hydrogen-bond donors (Lipinski definition) is 2. The van der Waals surface area contributed by atoms with E-state index in [-0.39, 0.29) is 5.04 Å². The van der Waals surface area contributed by atoms with Gasteiger partial charge in [0.2, 0.25) is 0 Å². The molecule has 0 amide bonds. The van der Waals surface area contributed by atoms with Crippen molar-refractivity contribution in [2.24, 2.45) is 0 Å². The van der Waals surface area contributed by atoms with Crippen molar-refractivity contribution in [3.05, 3.63) is 35.9 Å². The molecule has 2 atom stereocenters. The van der Waals surface area contributed by atoms with E-state index in [4.69, 9.17) is 4.43 Å². The van der Waals surface area contributed by atoms with Crippen LogP contribution in [-0.4, -0.2) is 31.2 Å². The number of hydrogen-bond acceptors (Lipinski definition) is 3. The molecule has 0 bridgehead atoms. The van der Waals surface area contributed by atoms with Gasteiger partial charge in [0.25, 0.3) is 0 Å². The zero-order chi connectivity index (χ0) is 15.4. The van der Waals surface area contributed by atoms with Crippen LogP contribution in [0.2, 0.25) is 18.1 Å². The Bertz CT molecular complexity index is 398. The minimum absolute atomic E-state index is 0.163. The first-order chi connectivity index (χ1) is 9.15. The van der Waals surface area contributed by atoms with E-state index in [0.717, 1.165) is 5.56 Å². The summed E-state index contributed by atoms with van der Waals surface area (Å²) in [4.78, 5) is 0. The Morgan fingerprint density at radius 2 is 1.65 bits per heavy atom. The molecule has 3 nitrogen and oxygen atoms in total. The van der Waals surface area contributed by atoms with Crippen molar-refractivity contribution in [1.29, 1.82) is 0 Å². The van der Waals surface area contributed by atoms with Crippen LogP contribution >= 0.6 is 0 Å². The summed E-state index contributed by atoms with van der Waals surface area (Å²) in [6.45, 7) is 11.4. The van der Waals surface area contributed by atoms with Gasteiger partial charge in [0.15, 0.2) is 8.32 Å². The third-order valence-electron chi connectivity index (χ3n) is 4.19. The standard InChI is InChI=1S/C16H28O3Si/c1-16(2,3)20(4,5)19-12-11-14(17)15(18)13-9-7-6-8-10-13/h6-10,14-15,17-18H,11-12H2,1-5H3/t14-,15-/m1/s1. The van der Waals surface area contributed by atoms with Gasteiger partial charge >= 0.3 is 0 Å². The smallest absolute Gasteiger partial charge is 0.191 e. The van der Waals surface area contributed by atoms with Crippen molar-refractivity contribution in [1.82, 2.24) is 0 Å². The van der Waals surface area contributed by atoms with Gasteiger partial charge in [0.05, 0.1) is 6.10 Å². The van der Waals surface area contributed by atoms with Crippen molar-refractivity contribution in [3.8, 4) is 0 Å². The SMILES string of the molecule is CC(C)(C)[Si](C)(C)OCC[C@@H](O)[C@H](O)c1ccccc1. The van der Waals surface area contributed by atoms with Crippen LogP contribution < -0.4 is 0 Å². The minimum Gasteiger partial charge on any atom is -0.417 e. The van der Waals surface area contributed by atoms with Crippen molar-refractivity contribution in [2.45, 2.75) is 57.5 Å². The highest BCUT2D eigenvalue weighted by molar-refractivity contribution is 6.74. The maximum absolute atomic E-state index is 10.1. The van der Waals surface area contributed by atoms with Crippen LogP contribution in [0.25, 0.3) is 0 Å². The van der Waals surface area contributed by atoms with Gasteiger partial charge in [-0.3, -0.25) is 0 Å². The van der Waals surface area contributed by atoms with E-state index in [1.54, 1.807) is 0 Å². The molecule has 114 valence electrons. The zero-order valence-electron chi connectivity index (χ0n) is 13.3. The van der Waals surface area contributed by atoms with Gasteiger partial charge in [0.1, 0.15) is 6.10 Å². The number of rotatable bonds is 6. The molecule has 2 N–H and O–H groups in total. The van der Waals surface area contributed by atoms with E-state index in [2.05, 4.69) is 33.9 Å². The van der Waals surface area contributed by atoms with E-state index in [1.807, 2.05) is 30.3 Å². The summed E-state index contributed by atoms with van der Waals surface area (Å²) in [5.41, 5.74) is 0.743. The molecular formula is C16H28O3Si. The molecule has 1 rings (SSSR count). The van der Waals surface area contributed by atoms with Gasteiger partial charge in [-0.1, -0.05) is 51.1 Å². The molecule has 0 aliphatic carbocycles. The average Bonchev–Trinajstić information content (AvgIpc) is 2.37. The molecule has 4 heteroatoms. The monoisotopic (exact) mass is 296 g/mol. The molecule has 0 saturated carbocycles. The molecular weight excluding hydrogens is 268 g/mol. The van der Waals surface area contributed by atoms with Gasteiger partial charge in [-0.05, 0) is 30.1 Å². The first-order valence-corrected chi connectivity index (χ1v) is 10.1. The lowest BCUT2D eigenvalue weighted by Gasteiger charge is -2.36. The first-order valence-electron chi connectivity index (χ1n) is 7.20. The molecule has 0 heterocycles. The molecule has 20 heavy (non-hydrogen) atoms. The van der Waals surface area contributed by atoms with Crippen LogP contribution in [0.15, 0.2) is 30.3 Å². The van der Waals surface area contributed by atoms with Gasteiger partial charge in [-0.2, -0.15) is 0 Å². The number of aliphatic hydroxyl groups is 2. The third kappa shape index (κ3) is 4.70. The predicted molar refractivity (Wildman–Crippen MR) is 85.2 cm³/mol. The van der Waals surface area contributed by atoms with Crippen LogP contribution in [0, 0.1) is 0 Å². The highest BCUT2D eigenvalue weighted by Crippen LogP contribution is 2.36. The zero-order valence-corrected chi connectivity index (χ0v) is 14.3. The van der Waals surface area contributed by atoms with Gasteiger partial charge in [-0.15, -0.1) is 0 Å². The molecule has 0 spiro atoms. The summed E-state index contributed by atoms with van der Waals surface area (Å²) in [6.07, 6.45) is -1.19. The molecule has 0 unspecified atom stereocenters. The van der Waals surface area contributed by atoms with E-state index < -0.39 is 20.5 Å². The van der Waals surface area contributed by atoms with Crippen LogP contribution in [0.1, 0.15) is 38.9 Å². The van der Waals surface area contributed by atoms with Gasteiger partial charge in [0, 0.05) is 6.61 Å². The Labute approximate surface area is 123 Å². The Hall–Kier alpha value is -0.683. The molecule has 0 aliphatic rings. The Morgan fingerprint density at radius 1 is 1.10 bits per heavy atom. The maximum Gasteiger partial charge on any atom is 0.191 e. The molecule has 0 aliphatic heterocycles. The third-order valence-corrected chi connectivity index (χ3v) is 8.73. The van der Waals surface area contributed by atoms with Crippen molar-refractivity contribution in [3.63, 3.8) is 0 Å². The quantitative estimate of drug-likeness (QED) is 0.790. The van der Waals surface area contributed by atoms with Crippen LogP contribution in [0.5, 0.6) is 0 Å². The summed E-state index contributed by atoms with van der Waals surface area (Å²) < 4.78 is 6.02. The second-order valence-electron chi connectivity index (χ2n) is 6.82. The molecule has 1 aromatic rings. The summed E-state index contributed by atoms with van der Waals surface area (Å²) >= 11 is 0. The van der Waals surface area contributed by atoms with Crippen molar-refractivity contribution >= 4 is 8.32 Å². The maximum atomic E-state index is 10.1. The summed E-state index contributed by atoms with van der Waals surface area (Å²) in [5.74, 6) is 0. The predicted octanol–water partition coefficient (Wildman–Crippen LogP) is 3.49. The van der Waals surface area contributed by atoms with Crippen LogP contribution in [0.3, 0.4) is 0 Å². The topological polar surface area (TPSA) is 49.7 Å². The lowest BCUT2D eigenvalue weighted by atomic mass is 10.0. The van der Waals surface area contributed by atoms with Crippen LogP contribution in [-0.2, 0) is 4.43 Å². The molecule has 0 radical (unpaired) electrons. The van der Waals surface area contributed by atoms with Crippen molar-refractivity contribution < 1.29 is 14.6 Å². The van der Waals surface area contributed by atoms with Gasteiger partial charge in [-0.25, -0.2) is 0 Å². The Kier molecular flexibility index (Phi) is 5.95. The van der Waals surface area contributed by atoms with E-state index in [1.165, 1.54) is 0 Å². The van der Waals surface area contributed by atoms with E-state index >= 15 is 0 Å². The molecule has 1 aromatic carbocycles. The fourth-order valence-corrected chi connectivity index (χ4v) is 2.74. The van der Waals surface area contributed by atoms with E-state index in [0.29, 0.717) is 13.0 Å². The molecule has 0 aromatic heterocycles. The summed E-state index contributed by atoms with van der Waals surface area (Å²) in [5, 5.41) is 20.3.